The van der Waals surface area contributed by atoms with Crippen molar-refractivity contribution in [2.75, 3.05) is 5.32 Å². The van der Waals surface area contributed by atoms with E-state index in [4.69, 9.17) is 0 Å². The van der Waals surface area contributed by atoms with Crippen LogP contribution in [0.25, 0.3) is 0 Å². The highest BCUT2D eigenvalue weighted by Gasteiger charge is 2.37. The summed E-state index contributed by atoms with van der Waals surface area (Å²) in [6.45, 7) is 0. The first-order valence-electron chi connectivity index (χ1n) is 8.53. The van der Waals surface area contributed by atoms with E-state index in [0.717, 1.165) is 6.07 Å². The summed E-state index contributed by atoms with van der Waals surface area (Å²) < 4.78 is 49.4. The van der Waals surface area contributed by atoms with Gasteiger partial charge in [0.1, 0.15) is 0 Å². The van der Waals surface area contributed by atoms with Crippen LogP contribution < -0.4 is 5.32 Å². The SMILES string of the molecule is O=C1CCC(=O)N1C1CCC(Nc2ccccc2S(=O)(=O)C(F)F)CC1. The van der Waals surface area contributed by atoms with Gasteiger partial charge in [-0.25, -0.2) is 8.42 Å². The number of hydrogen-bond donors (Lipinski definition) is 1. The smallest absolute Gasteiger partial charge is 0.341 e. The van der Waals surface area contributed by atoms with Crippen molar-refractivity contribution in [3.63, 3.8) is 0 Å². The van der Waals surface area contributed by atoms with Crippen molar-refractivity contribution in [2.24, 2.45) is 0 Å². The van der Waals surface area contributed by atoms with Crippen molar-refractivity contribution in [2.45, 2.75) is 61.3 Å². The van der Waals surface area contributed by atoms with Crippen LogP contribution in [-0.2, 0) is 19.4 Å². The minimum Gasteiger partial charge on any atom is -0.381 e. The predicted molar refractivity (Wildman–Crippen MR) is 90.4 cm³/mol. The van der Waals surface area contributed by atoms with Gasteiger partial charge < -0.3 is 5.32 Å². The lowest BCUT2D eigenvalue weighted by atomic mass is 9.90. The number of nitrogens with zero attached hydrogens (tertiary/aromatic N) is 1. The van der Waals surface area contributed by atoms with E-state index >= 15 is 0 Å². The molecule has 0 spiro atoms. The lowest BCUT2D eigenvalue weighted by Gasteiger charge is -2.34. The van der Waals surface area contributed by atoms with Gasteiger partial charge in [0.05, 0.1) is 10.6 Å². The number of anilines is 1. The molecule has 26 heavy (non-hydrogen) atoms. The number of benzene rings is 1. The number of likely N-dealkylation sites (tertiary alicyclic amines) is 1. The molecule has 2 amide bonds. The Kier molecular flexibility index (Phi) is 5.27. The second-order valence-electron chi connectivity index (χ2n) is 6.61. The molecule has 142 valence electrons. The number of carbonyl (C=O) groups is 2. The maximum absolute atomic E-state index is 12.9. The minimum atomic E-state index is -4.69. The largest absolute Gasteiger partial charge is 0.381 e. The van der Waals surface area contributed by atoms with Crippen LogP contribution in [0.1, 0.15) is 38.5 Å². The van der Waals surface area contributed by atoms with Crippen molar-refractivity contribution in [3.8, 4) is 0 Å². The summed E-state index contributed by atoms with van der Waals surface area (Å²) in [6, 6.07) is 5.39. The predicted octanol–water partition coefficient (Wildman–Crippen LogP) is 2.56. The third-order valence-electron chi connectivity index (χ3n) is 4.94. The fraction of sp³-hybridized carbons (Fsp3) is 0.529. The van der Waals surface area contributed by atoms with Gasteiger partial charge in [0.25, 0.3) is 0 Å². The molecule has 1 aromatic carbocycles. The average Bonchev–Trinajstić information content (AvgIpc) is 2.94. The van der Waals surface area contributed by atoms with Crippen LogP contribution in [0, 0.1) is 0 Å². The van der Waals surface area contributed by atoms with Gasteiger partial charge in [-0.1, -0.05) is 12.1 Å². The average molecular weight is 386 g/mol. The lowest BCUT2D eigenvalue weighted by molar-refractivity contribution is -0.141. The molecule has 1 aliphatic heterocycles. The van der Waals surface area contributed by atoms with Gasteiger partial charge in [0.2, 0.25) is 21.7 Å². The van der Waals surface area contributed by atoms with Gasteiger partial charge in [-0.15, -0.1) is 0 Å². The fourth-order valence-electron chi connectivity index (χ4n) is 3.63. The summed E-state index contributed by atoms with van der Waals surface area (Å²) in [7, 11) is -4.69. The van der Waals surface area contributed by atoms with E-state index in [1.54, 1.807) is 6.07 Å². The standard InChI is InChI=1S/C17H20F2N2O4S/c18-17(19)26(24,25)14-4-2-1-3-13(14)20-11-5-7-12(8-6-11)21-15(22)9-10-16(21)23/h1-4,11-12,17,20H,5-10H2. The van der Waals surface area contributed by atoms with E-state index in [2.05, 4.69) is 5.32 Å². The molecule has 3 rings (SSSR count). The zero-order valence-corrected chi connectivity index (χ0v) is 14.8. The number of nitrogens with one attached hydrogen (secondary N) is 1. The molecule has 0 unspecified atom stereocenters. The highest BCUT2D eigenvalue weighted by molar-refractivity contribution is 7.91. The first-order valence-corrected chi connectivity index (χ1v) is 10.1. The highest BCUT2D eigenvalue weighted by Crippen LogP contribution is 2.31. The molecular formula is C17H20F2N2O4S. The molecular weight excluding hydrogens is 366 g/mol. The Morgan fingerprint density at radius 3 is 2.15 bits per heavy atom. The number of hydrogen-bond acceptors (Lipinski definition) is 5. The van der Waals surface area contributed by atoms with E-state index in [-0.39, 0.29) is 42.4 Å². The third kappa shape index (κ3) is 3.58. The number of alkyl halides is 2. The van der Waals surface area contributed by atoms with Crippen molar-refractivity contribution in [1.82, 2.24) is 4.90 Å². The Balaban J connectivity index is 1.67. The maximum Gasteiger partial charge on any atom is 0.341 e. The van der Waals surface area contributed by atoms with Gasteiger partial charge in [0, 0.05) is 24.9 Å². The number of carbonyl (C=O) groups excluding carboxylic acids is 2. The molecule has 1 saturated heterocycles. The quantitative estimate of drug-likeness (QED) is 0.787. The van der Waals surface area contributed by atoms with Crippen molar-refractivity contribution in [1.29, 1.82) is 0 Å². The number of amides is 2. The van der Waals surface area contributed by atoms with Crippen molar-refractivity contribution < 1.29 is 26.8 Å². The van der Waals surface area contributed by atoms with Crippen LogP contribution in [0.3, 0.4) is 0 Å². The second-order valence-corrected chi connectivity index (χ2v) is 8.50. The molecule has 0 atom stereocenters. The zero-order valence-electron chi connectivity index (χ0n) is 14.0. The van der Waals surface area contributed by atoms with Crippen molar-refractivity contribution in [3.05, 3.63) is 24.3 Å². The van der Waals surface area contributed by atoms with Gasteiger partial charge in [-0.3, -0.25) is 14.5 Å². The van der Waals surface area contributed by atoms with Crippen LogP contribution in [-0.4, -0.2) is 43.0 Å². The summed E-state index contributed by atoms with van der Waals surface area (Å²) in [5.74, 6) is -3.76. The topological polar surface area (TPSA) is 83.6 Å². The van der Waals surface area contributed by atoms with Crippen LogP contribution in [0.2, 0.25) is 0 Å². The van der Waals surface area contributed by atoms with Gasteiger partial charge in [-0.2, -0.15) is 8.78 Å². The first-order chi connectivity index (χ1) is 12.3. The molecule has 2 fully saturated rings. The summed E-state index contributed by atoms with van der Waals surface area (Å²) in [5, 5.41) is 3.04. The van der Waals surface area contributed by atoms with E-state index in [1.165, 1.54) is 17.0 Å². The zero-order chi connectivity index (χ0) is 18.9. The summed E-state index contributed by atoms with van der Waals surface area (Å²) in [4.78, 5) is 24.6. The fourth-order valence-corrected chi connectivity index (χ4v) is 4.52. The Morgan fingerprint density at radius 2 is 1.58 bits per heavy atom. The van der Waals surface area contributed by atoms with E-state index in [1.807, 2.05) is 0 Å². The van der Waals surface area contributed by atoms with E-state index in [0.29, 0.717) is 25.7 Å². The molecule has 1 heterocycles. The molecule has 6 nitrogen and oxygen atoms in total. The molecule has 9 heteroatoms. The van der Waals surface area contributed by atoms with Crippen LogP contribution in [0.15, 0.2) is 29.2 Å². The summed E-state index contributed by atoms with van der Waals surface area (Å²) >= 11 is 0. The Bertz CT molecular complexity index is 789. The second kappa shape index (κ2) is 7.30. The number of halogens is 2. The normalized spacial score (nSPS) is 24.3. The number of sulfone groups is 1. The molecule has 0 aromatic heterocycles. The number of rotatable bonds is 5. The van der Waals surface area contributed by atoms with Crippen molar-refractivity contribution >= 4 is 27.3 Å². The first kappa shape index (κ1) is 18.8. The Morgan fingerprint density at radius 1 is 1.00 bits per heavy atom. The van der Waals surface area contributed by atoms with Gasteiger partial charge in [-0.05, 0) is 37.8 Å². The van der Waals surface area contributed by atoms with E-state index in [9.17, 15) is 26.8 Å². The molecule has 2 aliphatic rings. The lowest BCUT2D eigenvalue weighted by Crippen LogP contribution is -2.43. The van der Waals surface area contributed by atoms with Crippen LogP contribution in [0.5, 0.6) is 0 Å². The Hall–Kier alpha value is -2.03. The number of imide groups is 1. The summed E-state index contributed by atoms with van der Waals surface area (Å²) in [5.41, 5.74) is 0.157. The monoisotopic (exact) mass is 386 g/mol. The maximum atomic E-state index is 12.9. The molecule has 0 bridgehead atoms. The van der Waals surface area contributed by atoms with Crippen LogP contribution in [0.4, 0.5) is 14.5 Å². The molecule has 1 saturated carbocycles. The summed E-state index contributed by atoms with van der Waals surface area (Å²) in [6.07, 6.45) is 2.97. The molecule has 1 N–H and O–H groups in total. The van der Waals surface area contributed by atoms with Gasteiger partial charge >= 0.3 is 5.76 Å². The van der Waals surface area contributed by atoms with Crippen LogP contribution >= 0.6 is 0 Å². The number of para-hydroxylation sites is 1. The van der Waals surface area contributed by atoms with Gasteiger partial charge in [0.15, 0.2) is 0 Å². The highest BCUT2D eigenvalue weighted by atomic mass is 32.2. The minimum absolute atomic E-state index is 0.104. The molecule has 1 aliphatic carbocycles. The molecule has 0 radical (unpaired) electrons. The third-order valence-corrected chi connectivity index (χ3v) is 6.38. The molecule has 1 aromatic rings. The Labute approximate surface area is 150 Å². The van der Waals surface area contributed by atoms with E-state index < -0.39 is 20.5 Å².